The summed E-state index contributed by atoms with van der Waals surface area (Å²) in [4.78, 5) is 49.7. The van der Waals surface area contributed by atoms with E-state index in [9.17, 15) is 34.5 Å². The molecule has 1 amide bonds. The summed E-state index contributed by atoms with van der Waals surface area (Å²) in [5.41, 5.74) is -1.42. The topological polar surface area (TPSA) is 162 Å². The lowest BCUT2D eigenvalue weighted by atomic mass is 9.79. The van der Waals surface area contributed by atoms with E-state index in [1.807, 2.05) is 0 Å². The summed E-state index contributed by atoms with van der Waals surface area (Å²) in [6.07, 6.45) is 2.53. The maximum atomic E-state index is 12.6. The molecule has 0 aromatic carbocycles. The Morgan fingerprint density at radius 3 is 2.47 bits per heavy atom. The molecule has 2 fully saturated rings. The number of aliphatic carboxylic acids is 1. The van der Waals surface area contributed by atoms with Crippen LogP contribution in [0.5, 0.6) is 0 Å². The van der Waals surface area contributed by atoms with Gasteiger partial charge in [-0.2, -0.15) is 0 Å². The van der Waals surface area contributed by atoms with E-state index in [1.165, 1.54) is 10.8 Å². The molecule has 0 radical (unpaired) electrons. The van der Waals surface area contributed by atoms with Gasteiger partial charge in [0.25, 0.3) is 5.56 Å². The number of rotatable bonds is 6. The molecule has 5 N–H and O–H groups in total. The Morgan fingerprint density at radius 2 is 1.83 bits per heavy atom. The van der Waals surface area contributed by atoms with Crippen molar-refractivity contribution in [2.45, 2.75) is 82.6 Å². The number of nitrogens with zero attached hydrogens (tertiary/aromatic N) is 1. The molecule has 2 aliphatic carbocycles. The van der Waals surface area contributed by atoms with Crippen molar-refractivity contribution < 1.29 is 24.9 Å². The Morgan fingerprint density at radius 1 is 1.17 bits per heavy atom. The number of amides is 1. The normalized spacial score (nSPS) is 28.2. The monoisotopic (exact) mass is 423 g/mol. The number of aryl methyl sites for hydroxylation is 1. The van der Waals surface area contributed by atoms with Gasteiger partial charge in [0, 0.05) is 18.2 Å². The van der Waals surface area contributed by atoms with Gasteiger partial charge in [0.15, 0.2) is 0 Å². The molecule has 2 aliphatic rings. The summed E-state index contributed by atoms with van der Waals surface area (Å²) >= 11 is 0. The van der Waals surface area contributed by atoms with E-state index in [-0.39, 0.29) is 18.7 Å². The molecule has 166 valence electrons. The number of aromatic amines is 1. The van der Waals surface area contributed by atoms with Crippen LogP contribution >= 0.6 is 0 Å². The van der Waals surface area contributed by atoms with E-state index < -0.39 is 46.9 Å². The zero-order chi connectivity index (χ0) is 22.1. The second-order valence-corrected chi connectivity index (χ2v) is 8.73. The highest BCUT2D eigenvalue weighted by molar-refractivity contribution is 5.78. The maximum Gasteiger partial charge on any atom is 0.328 e. The number of nitrogens with one attached hydrogen (secondary N) is 2. The van der Waals surface area contributed by atoms with Gasteiger partial charge in [0.1, 0.15) is 12.2 Å². The summed E-state index contributed by atoms with van der Waals surface area (Å²) in [6.45, 7) is 1.54. The minimum Gasteiger partial charge on any atom is -0.481 e. The zero-order valence-corrected chi connectivity index (χ0v) is 17.0. The lowest BCUT2D eigenvalue weighted by molar-refractivity contribution is -0.140. The third kappa shape index (κ3) is 4.65. The van der Waals surface area contributed by atoms with E-state index in [1.54, 1.807) is 6.92 Å². The van der Waals surface area contributed by atoms with Crippen LogP contribution in [0, 0.1) is 12.3 Å². The molecule has 0 saturated heterocycles. The molecule has 1 aromatic heterocycles. The van der Waals surface area contributed by atoms with Crippen molar-refractivity contribution in [3.63, 3.8) is 0 Å². The predicted octanol–water partition coefficient (Wildman–Crippen LogP) is -0.188. The molecule has 10 heteroatoms. The number of hydrogen-bond acceptors (Lipinski definition) is 6. The number of H-pyrrole nitrogens is 1. The fourth-order valence-electron chi connectivity index (χ4n) is 4.91. The van der Waals surface area contributed by atoms with Crippen molar-refractivity contribution in [3.05, 3.63) is 32.6 Å². The number of aromatic nitrogens is 2. The molecule has 0 unspecified atom stereocenters. The highest BCUT2D eigenvalue weighted by Gasteiger charge is 2.42. The maximum absolute atomic E-state index is 12.6. The van der Waals surface area contributed by atoms with Crippen molar-refractivity contribution in [2.24, 2.45) is 5.41 Å². The molecule has 30 heavy (non-hydrogen) atoms. The Labute approximate surface area is 172 Å². The Balaban J connectivity index is 1.67. The molecule has 2 saturated carbocycles. The first kappa shape index (κ1) is 22.2. The summed E-state index contributed by atoms with van der Waals surface area (Å²) in [6, 6.07) is -1.43. The van der Waals surface area contributed by atoms with Crippen LogP contribution in [0.1, 0.15) is 63.0 Å². The quantitative estimate of drug-likeness (QED) is 0.424. The number of hydrogen-bond donors (Lipinski definition) is 5. The van der Waals surface area contributed by atoms with E-state index in [0.717, 1.165) is 12.8 Å². The van der Waals surface area contributed by atoms with Crippen LogP contribution < -0.4 is 16.6 Å². The molecule has 0 aliphatic heterocycles. The Bertz CT molecular complexity index is 916. The number of carboxylic acids is 1. The van der Waals surface area contributed by atoms with Crippen LogP contribution in [-0.2, 0) is 9.59 Å². The van der Waals surface area contributed by atoms with Crippen LogP contribution in [0.2, 0.25) is 0 Å². The van der Waals surface area contributed by atoms with E-state index in [2.05, 4.69) is 10.3 Å². The summed E-state index contributed by atoms with van der Waals surface area (Å²) in [5, 5.41) is 33.1. The van der Waals surface area contributed by atoms with Gasteiger partial charge < -0.3 is 20.6 Å². The number of aliphatic hydroxyl groups excluding tert-OH is 2. The molecule has 1 heterocycles. The molecule has 3 rings (SSSR count). The second-order valence-electron chi connectivity index (χ2n) is 8.73. The van der Waals surface area contributed by atoms with Crippen LogP contribution in [0.15, 0.2) is 15.8 Å². The third-order valence-corrected chi connectivity index (χ3v) is 6.51. The van der Waals surface area contributed by atoms with Crippen LogP contribution in [0.4, 0.5) is 0 Å². The van der Waals surface area contributed by atoms with Crippen molar-refractivity contribution in [1.82, 2.24) is 14.9 Å². The van der Waals surface area contributed by atoms with Gasteiger partial charge in [0.05, 0.1) is 18.5 Å². The first-order chi connectivity index (χ1) is 14.1. The number of carboxylic acid groups (broad SMARTS) is 1. The Hall–Kier alpha value is -2.46. The fourth-order valence-corrected chi connectivity index (χ4v) is 4.91. The van der Waals surface area contributed by atoms with Gasteiger partial charge in [-0.3, -0.25) is 23.9 Å². The lowest BCUT2D eigenvalue weighted by Crippen LogP contribution is -2.56. The molecular formula is C20H29N3O7. The molecule has 1 aromatic rings. The van der Waals surface area contributed by atoms with E-state index >= 15 is 0 Å². The van der Waals surface area contributed by atoms with Crippen molar-refractivity contribution in [2.75, 3.05) is 0 Å². The second kappa shape index (κ2) is 8.73. The van der Waals surface area contributed by atoms with Crippen LogP contribution in [-0.4, -0.2) is 55.0 Å². The van der Waals surface area contributed by atoms with E-state index in [0.29, 0.717) is 31.2 Å². The Kier molecular flexibility index (Phi) is 6.47. The van der Waals surface area contributed by atoms with Crippen molar-refractivity contribution >= 4 is 11.9 Å². The zero-order valence-electron chi connectivity index (χ0n) is 17.0. The van der Waals surface area contributed by atoms with Crippen LogP contribution in [0.3, 0.4) is 0 Å². The first-order valence-electron chi connectivity index (χ1n) is 10.3. The minimum absolute atomic E-state index is 0.0627. The highest BCUT2D eigenvalue weighted by Crippen LogP contribution is 2.44. The molecule has 0 bridgehead atoms. The van der Waals surface area contributed by atoms with Crippen LogP contribution in [0.25, 0.3) is 0 Å². The molecule has 10 nitrogen and oxygen atoms in total. The van der Waals surface area contributed by atoms with Gasteiger partial charge in [-0.25, -0.2) is 4.79 Å². The lowest BCUT2D eigenvalue weighted by Gasteiger charge is -2.39. The van der Waals surface area contributed by atoms with Gasteiger partial charge in [-0.1, -0.05) is 12.8 Å². The standard InChI is InChI=1S/C20H29N3O7/c1-11-10-23(19(30)22-18(11)29)13-5-4-12(16(27)17(13)28)21-14(24)8-20(9-15(25)26)6-2-3-7-20/h10,12-13,16-17,27-28H,2-9H2,1H3,(H,21,24)(H,25,26)(H,22,29,30)/t12-,13-,16-,17-/m1/s1. The summed E-state index contributed by atoms with van der Waals surface area (Å²) in [7, 11) is 0. The van der Waals surface area contributed by atoms with Gasteiger partial charge in [-0.15, -0.1) is 0 Å². The third-order valence-electron chi connectivity index (χ3n) is 6.51. The van der Waals surface area contributed by atoms with Gasteiger partial charge >= 0.3 is 11.7 Å². The number of carbonyl (C=O) groups excluding carboxylic acids is 1. The molecule has 0 spiro atoms. The van der Waals surface area contributed by atoms with Crippen molar-refractivity contribution in [3.8, 4) is 0 Å². The number of aliphatic hydroxyl groups is 2. The minimum atomic E-state index is -1.31. The van der Waals surface area contributed by atoms with Crippen molar-refractivity contribution in [1.29, 1.82) is 0 Å². The largest absolute Gasteiger partial charge is 0.481 e. The first-order valence-corrected chi connectivity index (χ1v) is 10.3. The van der Waals surface area contributed by atoms with Gasteiger partial charge in [-0.05, 0) is 38.0 Å². The average molecular weight is 423 g/mol. The highest BCUT2D eigenvalue weighted by atomic mass is 16.4. The fraction of sp³-hybridized carbons (Fsp3) is 0.700. The summed E-state index contributed by atoms with van der Waals surface area (Å²) in [5.74, 6) is -1.27. The van der Waals surface area contributed by atoms with E-state index in [4.69, 9.17) is 0 Å². The smallest absolute Gasteiger partial charge is 0.328 e. The molecule has 4 atom stereocenters. The SMILES string of the molecule is Cc1cn([C@@H]2CC[C@@H](NC(=O)CC3(CC(=O)O)CCCC3)[C@@H](O)[C@@H]2O)c(=O)[nH]c1=O. The molecular weight excluding hydrogens is 394 g/mol. The number of carbonyl (C=O) groups is 2. The average Bonchev–Trinajstić information content (AvgIpc) is 3.09. The summed E-state index contributed by atoms with van der Waals surface area (Å²) < 4.78 is 1.21. The van der Waals surface area contributed by atoms with Gasteiger partial charge in [0.2, 0.25) is 5.91 Å². The predicted molar refractivity (Wildman–Crippen MR) is 106 cm³/mol.